The Balaban J connectivity index is 2.92. The van der Waals surface area contributed by atoms with Gasteiger partial charge in [-0.05, 0) is 23.3 Å². The molecule has 0 amide bonds. The Hall–Kier alpha value is 0.700. The van der Waals surface area contributed by atoms with E-state index in [9.17, 15) is 0 Å². The van der Waals surface area contributed by atoms with Crippen molar-refractivity contribution in [1.29, 1.82) is 0 Å². The smallest absolute Gasteiger partial charge is 0.00116 e. The Morgan fingerprint density at radius 1 is 0.643 bits per heavy atom. The second kappa shape index (κ2) is 10.2. The summed E-state index contributed by atoms with van der Waals surface area (Å²) in [6.45, 7) is 4.36. The van der Waals surface area contributed by atoms with E-state index in [1.165, 1.54) is 51.4 Å². The molecular weight excluding hydrogens is 208 g/mol. The minimum absolute atomic E-state index is 0.583. The van der Waals surface area contributed by atoms with Crippen LogP contribution in [0.15, 0.2) is 0 Å². The van der Waals surface area contributed by atoms with Crippen LogP contribution in [0.3, 0.4) is 0 Å². The van der Waals surface area contributed by atoms with E-state index in [-0.39, 0.29) is 0 Å². The molecule has 0 rings (SSSR count). The monoisotopic (exact) mass is 234 g/mol. The van der Waals surface area contributed by atoms with E-state index in [1.54, 1.807) is 0 Å². The highest BCUT2D eigenvalue weighted by molar-refractivity contribution is 7.81. The van der Waals surface area contributed by atoms with E-state index in [0.29, 0.717) is 10.5 Å². The van der Waals surface area contributed by atoms with Crippen LogP contribution in [0, 0.1) is 0 Å². The maximum absolute atomic E-state index is 4.37. The first kappa shape index (κ1) is 14.7. The molecule has 0 radical (unpaired) electrons. The predicted octanol–water partition coefficient (Wildman–Crippen LogP) is 4.74. The van der Waals surface area contributed by atoms with E-state index in [2.05, 4.69) is 39.1 Å². The van der Waals surface area contributed by atoms with Gasteiger partial charge in [0.1, 0.15) is 0 Å². The average Bonchev–Trinajstić information content (AvgIpc) is 2.08. The molecule has 0 N–H and O–H groups in total. The Morgan fingerprint density at radius 3 is 1.21 bits per heavy atom. The number of rotatable bonds is 9. The van der Waals surface area contributed by atoms with Crippen LogP contribution in [-0.4, -0.2) is 10.5 Å². The molecule has 0 aliphatic carbocycles. The van der Waals surface area contributed by atoms with Crippen molar-refractivity contribution in [1.82, 2.24) is 0 Å². The third-order valence-corrected chi connectivity index (χ3v) is 3.01. The molecule has 0 aromatic carbocycles. The topological polar surface area (TPSA) is 0 Å². The van der Waals surface area contributed by atoms with Gasteiger partial charge in [0.25, 0.3) is 0 Å². The number of hydrogen-bond acceptors (Lipinski definition) is 2. The lowest BCUT2D eigenvalue weighted by atomic mass is 10.1. The summed E-state index contributed by atoms with van der Waals surface area (Å²) in [6, 6.07) is 0. The molecule has 0 nitrogen and oxygen atoms in total. The van der Waals surface area contributed by atoms with Gasteiger partial charge in [-0.2, -0.15) is 25.3 Å². The molecule has 0 aliphatic rings. The van der Waals surface area contributed by atoms with Gasteiger partial charge >= 0.3 is 0 Å². The summed E-state index contributed by atoms with van der Waals surface area (Å²) in [4.78, 5) is 0. The lowest BCUT2D eigenvalue weighted by Gasteiger charge is -2.05. The highest BCUT2D eigenvalue weighted by Crippen LogP contribution is 2.13. The fraction of sp³-hybridized carbons (Fsp3) is 1.00. The summed E-state index contributed by atoms with van der Waals surface area (Å²) in [5.41, 5.74) is 0. The summed E-state index contributed by atoms with van der Waals surface area (Å²) in [5.74, 6) is 0. The summed E-state index contributed by atoms with van der Waals surface area (Å²) >= 11 is 8.74. The van der Waals surface area contributed by atoms with Gasteiger partial charge in [0, 0.05) is 0 Å². The third kappa shape index (κ3) is 12.7. The standard InChI is InChI=1S/C12H26S2/c1-11(13)9-7-5-3-4-6-8-10-12(2)14/h11-14H,3-10H2,1-2H3. The van der Waals surface area contributed by atoms with Crippen molar-refractivity contribution in [2.75, 3.05) is 0 Å². The maximum atomic E-state index is 4.37. The Morgan fingerprint density at radius 2 is 0.929 bits per heavy atom. The van der Waals surface area contributed by atoms with Gasteiger partial charge in [-0.25, -0.2) is 0 Å². The highest BCUT2D eigenvalue weighted by Gasteiger charge is 1.96. The normalized spacial score (nSPS) is 15.4. The van der Waals surface area contributed by atoms with Crippen molar-refractivity contribution in [2.24, 2.45) is 0 Å². The largest absolute Gasteiger partial charge is 0.176 e. The molecule has 2 unspecified atom stereocenters. The van der Waals surface area contributed by atoms with Crippen LogP contribution in [0.1, 0.15) is 65.2 Å². The zero-order valence-corrected chi connectivity index (χ0v) is 11.5. The minimum atomic E-state index is 0.583. The zero-order chi connectivity index (χ0) is 10.8. The fourth-order valence-electron chi connectivity index (χ4n) is 1.59. The molecule has 0 aliphatic heterocycles. The molecule has 0 fully saturated rings. The molecule has 0 spiro atoms. The van der Waals surface area contributed by atoms with Crippen LogP contribution in [0.25, 0.3) is 0 Å². The highest BCUT2D eigenvalue weighted by atomic mass is 32.1. The van der Waals surface area contributed by atoms with Crippen molar-refractivity contribution in [3.8, 4) is 0 Å². The van der Waals surface area contributed by atoms with E-state index in [1.807, 2.05) is 0 Å². The fourth-order valence-corrected chi connectivity index (χ4v) is 1.95. The van der Waals surface area contributed by atoms with E-state index >= 15 is 0 Å². The predicted molar refractivity (Wildman–Crippen MR) is 73.8 cm³/mol. The van der Waals surface area contributed by atoms with Crippen molar-refractivity contribution < 1.29 is 0 Å². The van der Waals surface area contributed by atoms with Crippen molar-refractivity contribution in [3.05, 3.63) is 0 Å². The molecule has 14 heavy (non-hydrogen) atoms. The molecule has 0 saturated heterocycles. The Kier molecular flexibility index (Phi) is 10.7. The van der Waals surface area contributed by atoms with Gasteiger partial charge in [-0.3, -0.25) is 0 Å². The van der Waals surface area contributed by atoms with E-state index in [0.717, 1.165) is 0 Å². The number of thiol groups is 2. The van der Waals surface area contributed by atoms with Gasteiger partial charge in [0.15, 0.2) is 0 Å². The van der Waals surface area contributed by atoms with Crippen LogP contribution in [0.2, 0.25) is 0 Å². The first-order valence-corrected chi connectivity index (χ1v) is 7.02. The minimum Gasteiger partial charge on any atom is -0.176 e. The van der Waals surface area contributed by atoms with Gasteiger partial charge in [-0.15, -0.1) is 0 Å². The quantitative estimate of drug-likeness (QED) is 0.418. The van der Waals surface area contributed by atoms with Crippen LogP contribution in [-0.2, 0) is 0 Å². The van der Waals surface area contributed by atoms with Gasteiger partial charge in [-0.1, -0.05) is 52.4 Å². The Bertz CT molecular complexity index is 96.9. The van der Waals surface area contributed by atoms with Crippen LogP contribution in [0.4, 0.5) is 0 Å². The maximum Gasteiger partial charge on any atom is -0.00116 e. The molecular formula is C12H26S2. The Labute approximate surface area is 101 Å². The van der Waals surface area contributed by atoms with Crippen LogP contribution < -0.4 is 0 Å². The van der Waals surface area contributed by atoms with E-state index < -0.39 is 0 Å². The van der Waals surface area contributed by atoms with Gasteiger partial charge in [0.05, 0.1) is 0 Å². The van der Waals surface area contributed by atoms with E-state index in [4.69, 9.17) is 0 Å². The molecule has 2 heteroatoms. The van der Waals surface area contributed by atoms with Crippen LogP contribution in [0.5, 0.6) is 0 Å². The number of unbranched alkanes of at least 4 members (excludes halogenated alkanes) is 5. The third-order valence-electron chi connectivity index (χ3n) is 2.49. The van der Waals surface area contributed by atoms with Crippen LogP contribution >= 0.6 is 25.3 Å². The van der Waals surface area contributed by atoms with Crippen molar-refractivity contribution in [3.63, 3.8) is 0 Å². The average molecular weight is 234 g/mol. The van der Waals surface area contributed by atoms with Gasteiger partial charge in [0.2, 0.25) is 0 Å². The molecule has 0 saturated carbocycles. The molecule has 2 atom stereocenters. The second-order valence-electron chi connectivity index (χ2n) is 4.40. The SMILES string of the molecule is CC(S)CCCCCCCCC(C)S. The summed E-state index contributed by atoms with van der Waals surface area (Å²) in [7, 11) is 0. The lowest BCUT2D eigenvalue weighted by Crippen LogP contribution is -1.91. The first-order valence-electron chi connectivity index (χ1n) is 5.99. The summed E-state index contributed by atoms with van der Waals surface area (Å²) < 4.78 is 0. The summed E-state index contributed by atoms with van der Waals surface area (Å²) in [6.07, 6.45) is 10.8. The summed E-state index contributed by atoms with van der Waals surface area (Å²) in [5, 5.41) is 1.17. The first-order chi connectivity index (χ1) is 6.63. The zero-order valence-electron chi connectivity index (χ0n) is 9.71. The van der Waals surface area contributed by atoms with Crippen molar-refractivity contribution >= 4 is 25.3 Å². The van der Waals surface area contributed by atoms with Gasteiger partial charge < -0.3 is 0 Å². The lowest BCUT2D eigenvalue weighted by molar-refractivity contribution is 0.567. The molecule has 86 valence electrons. The molecule has 0 aromatic heterocycles. The molecule has 0 bridgehead atoms. The molecule has 0 heterocycles. The second-order valence-corrected chi connectivity index (χ2v) is 6.16. The molecule has 0 aromatic rings. The number of hydrogen-bond donors (Lipinski definition) is 2. The van der Waals surface area contributed by atoms with Crippen molar-refractivity contribution in [2.45, 2.75) is 75.7 Å².